The lowest BCUT2D eigenvalue weighted by atomic mass is 10.1. The van der Waals surface area contributed by atoms with Gasteiger partial charge in [-0.25, -0.2) is 4.39 Å². The van der Waals surface area contributed by atoms with E-state index < -0.39 is 0 Å². The summed E-state index contributed by atoms with van der Waals surface area (Å²) in [6, 6.07) is 12.9. The summed E-state index contributed by atoms with van der Waals surface area (Å²) in [7, 11) is 3.37. The predicted molar refractivity (Wildman–Crippen MR) is 91.2 cm³/mol. The van der Waals surface area contributed by atoms with Crippen molar-refractivity contribution in [3.8, 4) is 5.75 Å². The molecule has 0 aliphatic rings. The molecule has 5 heteroatoms. The number of aliphatic imine (C=N–C) groups is 1. The summed E-state index contributed by atoms with van der Waals surface area (Å²) in [4.78, 5) is 4.19. The quantitative estimate of drug-likeness (QED) is 0.658. The first-order valence-corrected chi connectivity index (χ1v) is 7.45. The van der Waals surface area contributed by atoms with Gasteiger partial charge in [-0.2, -0.15) is 0 Å². The Kier molecular flexibility index (Phi) is 5.97. The summed E-state index contributed by atoms with van der Waals surface area (Å²) in [6.07, 6.45) is 0. The van der Waals surface area contributed by atoms with E-state index in [4.69, 9.17) is 4.74 Å². The Morgan fingerprint density at radius 2 is 1.78 bits per heavy atom. The smallest absolute Gasteiger partial charge is 0.191 e. The number of aryl methyl sites for hydroxylation is 1. The molecule has 23 heavy (non-hydrogen) atoms. The highest BCUT2D eigenvalue weighted by Gasteiger charge is 2.02. The number of rotatable bonds is 5. The van der Waals surface area contributed by atoms with Crippen molar-refractivity contribution in [3.05, 3.63) is 65.0 Å². The molecule has 0 aromatic heterocycles. The van der Waals surface area contributed by atoms with Gasteiger partial charge in [0.2, 0.25) is 0 Å². The summed E-state index contributed by atoms with van der Waals surface area (Å²) < 4.78 is 18.5. The van der Waals surface area contributed by atoms with Gasteiger partial charge in [0.25, 0.3) is 0 Å². The lowest BCUT2D eigenvalue weighted by molar-refractivity contribution is 0.414. The zero-order valence-corrected chi connectivity index (χ0v) is 13.7. The number of halogens is 1. The zero-order valence-electron chi connectivity index (χ0n) is 13.7. The van der Waals surface area contributed by atoms with Crippen LogP contribution in [0.5, 0.6) is 5.75 Å². The molecule has 2 N–H and O–H groups in total. The monoisotopic (exact) mass is 315 g/mol. The van der Waals surface area contributed by atoms with Crippen molar-refractivity contribution in [1.29, 1.82) is 0 Å². The van der Waals surface area contributed by atoms with Crippen LogP contribution in [0.3, 0.4) is 0 Å². The number of nitrogens with zero attached hydrogens (tertiary/aromatic N) is 1. The molecule has 0 fully saturated rings. The standard InChI is InChI=1S/C18H22FN3O/c1-13-9-15(7-8-17(13)19)12-22-18(20-2)21-11-14-5-4-6-16(10-14)23-3/h4-10H,11-12H2,1-3H3,(H2,20,21,22). The molecule has 0 radical (unpaired) electrons. The maximum Gasteiger partial charge on any atom is 0.191 e. The molecule has 0 saturated heterocycles. The van der Waals surface area contributed by atoms with Crippen LogP contribution in [0.25, 0.3) is 0 Å². The molecule has 0 heterocycles. The number of guanidine groups is 1. The van der Waals surface area contributed by atoms with Crippen molar-refractivity contribution >= 4 is 5.96 Å². The van der Waals surface area contributed by atoms with Crippen LogP contribution < -0.4 is 15.4 Å². The van der Waals surface area contributed by atoms with Crippen LogP contribution >= 0.6 is 0 Å². The fraction of sp³-hybridized carbons (Fsp3) is 0.278. The lowest BCUT2D eigenvalue weighted by Crippen LogP contribution is -2.36. The Hall–Kier alpha value is -2.56. The van der Waals surface area contributed by atoms with E-state index in [0.29, 0.717) is 24.6 Å². The average molecular weight is 315 g/mol. The lowest BCUT2D eigenvalue weighted by Gasteiger charge is -2.13. The van der Waals surface area contributed by atoms with Crippen molar-refractivity contribution in [2.45, 2.75) is 20.0 Å². The minimum absolute atomic E-state index is 0.186. The van der Waals surface area contributed by atoms with E-state index in [9.17, 15) is 4.39 Å². The Labute approximate surface area is 136 Å². The second kappa shape index (κ2) is 8.17. The number of ether oxygens (including phenoxy) is 1. The molecule has 4 nitrogen and oxygen atoms in total. The van der Waals surface area contributed by atoms with Gasteiger partial charge in [0.15, 0.2) is 5.96 Å². The topological polar surface area (TPSA) is 45.7 Å². The van der Waals surface area contributed by atoms with Crippen molar-refractivity contribution in [1.82, 2.24) is 10.6 Å². The first-order chi connectivity index (χ1) is 11.1. The largest absolute Gasteiger partial charge is 0.497 e. The van der Waals surface area contributed by atoms with Gasteiger partial charge < -0.3 is 15.4 Å². The van der Waals surface area contributed by atoms with Crippen molar-refractivity contribution < 1.29 is 9.13 Å². The van der Waals surface area contributed by atoms with Gasteiger partial charge in [-0.3, -0.25) is 4.99 Å². The molecule has 2 aromatic carbocycles. The SMILES string of the molecule is CN=C(NCc1cccc(OC)c1)NCc1ccc(F)c(C)c1. The molecule has 0 atom stereocenters. The zero-order chi connectivity index (χ0) is 16.7. The van der Waals surface area contributed by atoms with Gasteiger partial charge in [-0.15, -0.1) is 0 Å². The van der Waals surface area contributed by atoms with E-state index in [-0.39, 0.29) is 5.82 Å². The normalized spacial score (nSPS) is 11.2. The first kappa shape index (κ1) is 16.8. The van der Waals surface area contributed by atoms with Crippen LogP contribution in [-0.4, -0.2) is 20.1 Å². The van der Waals surface area contributed by atoms with E-state index in [1.807, 2.05) is 30.3 Å². The van der Waals surface area contributed by atoms with E-state index in [2.05, 4.69) is 15.6 Å². The van der Waals surface area contributed by atoms with Crippen LogP contribution in [0.2, 0.25) is 0 Å². The third kappa shape index (κ3) is 4.98. The number of hydrogen-bond acceptors (Lipinski definition) is 2. The molecule has 122 valence electrons. The molecule has 2 aromatic rings. The fourth-order valence-electron chi connectivity index (χ4n) is 2.19. The van der Waals surface area contributed by atoms with Gasteiger partial charge in [0.1, 0.15) is 11.6 Å². The predicted octanol–water partition coefficient (Wildman–Crippen LogP) is 3.01. The summed E-state index contributed by atoms with van der Waals surface area (Å²) in [5.41, 5.74) is 2.75. The number of hydrogen-bond donors (Lipinski definition) is 2. The Morgan fingerprint density at radius 3 is 2.39 bits per heavy atom. The van der Waals surface area contributed by atoms with E-state index in [1.165, 1.54) is 6.07 Å². The summed E-state index contributed by atoms with van der Waals surface area (Å²) >= 11 is 0. The maximum absolute atomic E-state index is 13.3. The number of benzene rings is 2. The van der Waals surface area contributed by atoms with E-state index >= 15 is 0 Å². The Morgan fingerprint density at radius 1 is 1.09 bits per heavy atom. The maximum atomic E-state index is 13.3. The average Bonchev–Trinajstić information content (AvgIpc) is 2.58. The molecule has 2 rings (SSSR count). The molecule has 0 amide bonds. The van der Waals surface area contributed by atoms with Crippen LogP contribution in [0, 0.1) is 12.7 Å². The fourth-order valence-corrected chi connectivity index (χ4v) is 2.19. The third-order valence-electron chi connectivity index (χ3n) is 3.50. The van der Waals surface area contributed by atoms with Crippen LogP contribution in [0.15, 0.2) is 47.5 Å². The first-order valence-electron chi connectivity index (χ1n) is 7.45. The molecular formula is C18H22FN3O. The Balaban J connectivity index is 1.89. The van der Waals surface area contributed by atoms with Gasteiger partial charge in [0, 0.05) is 20.1 Å². The summed E-state index contributed by atoms with van der Waals surface area (Å²) in [5.74, 6) is 1.33. The minimum Gasteiger partial charge on any atom is -0.497 e. The van der Waals surface area contributed by atoms with E-state index in [0.717, 1.165) is 16.9 Å². The van der Waals surface area contributed by atoms with Crippen LogP contribution in [0.4, 0.5) is 4.39 Å². The molecule has 0 aliphatic heterocycles. The molecule has 0 saturated carbocycles. The third-order valence-corrected chi connectivity index (χ3v) is 3.50. The molecular weight excluding hydrogens is 293 g/mol. The van der Waals surface area contributed by atoms with Crippen molar-refractivity contribution in [2.75, 3.05) is 14.2 Å². The summed E-state index contributed by atoms with van der Waals surface area (Å²) in [6.45, 7) is 2.98. The van der Waals surface area contributed by atoms with Gasteiger partial charge in [0.05, 0.1) is 7.11 Å². The van der Waals surface area contributed by atoms with Gasteiger partial charge in [-0.05, 0) is 41.8 Å². The molecule has 0 bridgehead atoms. The van der Waals surface area contributed by atoms with E-state index in [1.54, 1.807) is 27.1 Å². The molecule has 0 unspecified atom stereocenters. The van der Waals surface area contributed by atoms with Crippen molar-refractivity contribution in [3.63, 3.8) is 0 Å². The van der Waals surface area contributed by atoms with Crippen LogP contribution in [-0.2, 0) is 13.1 Å². The van der Waals surface area contributed by atoms with Crippen LogP contribution in [0.1, 0.15) is 16.7 Å². The second-order valence-electron chi connectivity index (χ2n) is 5.21. The van der Waals surface area contributed by atoms with Gasteiger partial charge >= 0.3 is 0 Å². The Bertz CT molecular complexity index is 686. The summed E-state index contributed by atoms with van der Waals surface area (Å²) in [5, 5.41) is 6.46. The highest BCUT2D eigenvalue weighted by atomic mass is 19.1. The minimum atomic E-state index is -0.186. The molecule has 0 aliphatic carbocycles. The molecule has 0 spiro atoms. The highest BCUT2D eigenvalue weighted by Crippen LogP contribution is 2.12. The number of methoxy groups -OCH3 is 1. The van der Waals surface area contributed by atoms with Crippen molar-refractivity contribution in [2.24, 2.45) is 4.99 Å². The highest BCUT2D eigenvalue weighted by molar-refractivity contribution is 5.79. The van der Waals surface area contributed by atoms with Gasteiger partial charge in [-0.1, -0.05) is 24.3 Å². The second-order valence-corrected chi connectivity index (χ2v) is 5.21. The number of nitrogens with one attached hydrogen (secondary N) is 2.